The number of nitrogens with one attached hydrogen (secondary N) is 1. The molecule has 1 aromatic heterocycles. The van der Waals surface area contributed by atoms with Gasteiger partial charge in [0.05, 0.1) is 11.5 Å². The highest BCUT2D eigenvalue weighted by molar-refractivity contribution is 6.02. The van der Waals surface area contributed by atoms with Crippen LogP contribution in [-0.2, 0) is 11.3 Å². The van der Waals surface area contributed by atoms with E-state index in [1.807, 2.05) is 36.4 Å². The smallest absolute Gasteiger partial charge is 0.254 e. The minimum atomic E-state index is -0.419. The molecule has 0 saturated heterocycles. The van der Waals surface area contributed by atoms with E-state index in [1.54, 1.807) is 12.4 Å². The van der Waals surface area contributed by atoms with Gasteiger partial charge in [-0.1, -0.05) is 56.9 Å². The quantitative estimate of drug-likeness (QED) is 0.773. The van der Waals surface area contributed by atoms with Gasteiger partial charge < -0.3 is 10.2 Å². The fourth-order valence-corrected chi connectivity index (χ4v) is 5.28. The van der Waals surface area contributed by atoms with Gasteiger partial charge in [-0.25, -0.2) is 0 Å². The molecule has 158 valence electrons. The van der Waals surface area contributed by atoms with Crippen LogP contribution in [0.1, 0.15) is 79.3 Å². The van der Waals surface area contributed by atoms with E-state index in [9.17, 15) is 9.59 Å². The minimum Gasteiger partial charge on any atom is -0.351 e. The van der Waals surface area contributed by atoms with Crippen LogP contribution in [0.4, 0.5) is 0 Å². The minimum absolute atomic E-state index is 0.0159. The van der Waals surface area contributed by atoms with Crippen LogP contribution in [-0.4, -0.2) is 33.8 Å². The first-order valence-corrected chi connectivity index (χ1v) is 11.2. The van der Waals surface area contributed by atoms with Crippen LogP contribution in [0.25, 0.3) is 0 Å². The molecule has 0 unspecified atom stereocenters. The molecule has 2 heterocycles. The van der Waals surface area contributed by atoms with Crippen molar-refractivity contribution in [3.05, 3.63) is 65.5 Å². The number of benzene rings is 1. The third kappa shape index (κ3) is 3.73. The van der Waals surface area contributed by atoms with Crippen molar-refractivity contribution in [2.24, 2.45) is 0 Å². The number of amides is 2. The van der Waals surface area contributed by atoms with Gasteiger partial charge in [0.2, 0.25) is 5.91 Å². The zero-order valence-electron chi connectivity index (χ0n) is 17.8. The average molecular weight is 406 g/mol. The number of carbonyl (C=O) groups excluding carboxylic acids is 2. The molecule has 1 saturated carbocycles. The monoisotopic (exact) mass is 405 g/mol. The van der Waals surface area contributed by atoms with Gasteiger partial charge in [-0.2, -0.15) is 0 Å². The number of hydrogen-bond acceptors (Lipinski definition) is 3. The third-order valence-corrected chi connectivity index (χ3v) is 6.73. The zero-order chi connectivity index (χ0) is 21.0. The maximum Gasteiger partial charge on any atom is 0.254 e. The summed E-state index contributed by atoms with van der Waals surface area (Å²) in [7, 11) is 0. The number of fused-ring (bicyclic) bond motifs is 1. The number of pyridine rings is 1. The summed E-state index contributed by atoms with van der Waals surface area (Å²) >= 11 is 0. The van der Waals surface area contributed by atoms with Crippen LogP contribution in [0.15, 0.2) is 48.8 Å². The average Bonchev–Trinajstić information content (AvgIpc) is 2.79. The predicted molar refractivity (Wildman–Crippen MR) is 117 cm³/mol. The van der Waals surface area contributed by atoms with E-state index in [-0.39, 0.29) is 17.7 Å². The molecule has 5 heteroatoms. The number of hydrogen-bond donors (Lipinski definition) is 1. The van der Waals surface area contributed by atoms with Gasteiger partial charge in [-0.05, 0) is 42.5 Å². The van der Waals surface area contributed by atoms with Crippen molar-refractivity contribution in [2.75, 3.05) is 6.54 Å². The molecule has 2 aromatic rings. The van der Waals surface area contributed by atoms with Gasteiger partial charge in [-0.3, -0.25) is 14.6 Å². The van der Waals surface area contributed by atoms with E-state index in [1.165, 1.54) is 6.42 Å². The second-order valence-corrected chi connectivity index (χ2v) is 8.57. The van der Waals surface area contributed by atoms with E-state index >= 15 is 0 Å². The van der Waals surface area contributed by atoms with Crippen LogP contribution in [0.2, 0.25) is 0 Å². The fraction of sp³-hybridized carbons (Fsp3) is 0.480. The first-order valence-electron chi connectivity index (χ1n) is 11.2. The van der Waals surface area contributed by atoms with Crippen LogP contribution in [0, 0.1) is 0 Å². The summed E-state index contributed by atoms with van der Waals surface area (Å²) in [4.78, 5) is 33.4. The van der Waals surface area contributed by atoms with Gasteiger partial charge >= 0.3 is 0 Å². The van der Waals surface area contributed by atoms with Crippen molar-refractivity contribution in [2.45, 2.75) is 69.9 Å². The van der Waals surface area contributed by atoms with Gasteiger partial charge in [-0.15, -0.1) is 0 Å². The lowest BCUT2D eigenvalue weighted by Crippen LogP contribution is -2.62. The normalized spacial score (nSPS) is 20.1. The molecule has 1 spiro atoms. The SMILES string of the molecule is CCCCN1C(=O)c2ccccc2[C@@H](C(=O)NCc2cccnc2)C12CCCCC2. The summed E-state index contributed by atoms with van der Waals surface area (Å²) in [5.41, 5.74) is 2.14. The molecule has 1 atom stereocenters. The molecule has 1 aliphatic carbocycles. The molecule has 2 aliphatic rings. The van der Waals surface area contributed by atoms with Crippen molar-refractivity contribution in [1.29, 1.82) is 0 Å². The highest BCUT2D eigenvalue weighted by Gasteiger charge is 2.54. The van der Waals surface area contributed by atoms with Gasteiger partial charge in [0.1, 0.15) is 0 Å². The van der Waals surface area contributed by atoms with Crippen molar-refractivity contribution in [3.63, 3.8) is 0 Å². The van der Waals surface area contributed by atoms with E-state index in [0.717, 1.165) is 56.2 Å². The lowest BCUT2D eigenvalue weighted by molar-refractivity contribution is -0.127. The highest BCUT2D eigenvalue weighted by atomic mass is 16.2. The fourth-order valence-electron chi connectivity index (χ4n) is 5.28. The third-order valence-electron chi connectivity index (χ3n) is 6.73. The molecule has 4 rings (SSSR count). The van der Waals surface area contributed by atoms with Crippen LogP contribution >= 0.6 is 0 Å². The Kier molecular flexibility index (Phi) is 6.16. The first kappa shape index (κ1) is 20.6. The Hall–Kier alpha value is -2.69. The Morgan fingerprint density at radius 2 is 1.97 bits per heavy atom. The molecule has 1 aliphatic heterocycles. The summed E-state index contributed by atoms with van der Waals surface area (Å²) in [5.74, 6) is -0.223. The lowest BCUT2D eigenvalue weighted by Gasteiger charge is -2.53. The van der Waals surface area contributed by atoms with E-state index in [4.69, 9.17) is 0 Å². The van der Waals surface area contributed by atoms with E-state index < -0.39 is 5.54 Å². The van der Waals surface area contributed by atoms with Gasteiger partial charge in [0, 0.05) is 31.0 Å². The van der Waals surface area contributed by atoms with Crippen molar-refractivity contribution in [3.8, 4) is 0 Å². The largest absolute Gasteiger partial charge is 0.351 e. The second-order valence-electron chi connectivity index (χ2n) is 8.57. The summed E-state index contributed by atoms with van der Waals surface area (Å²) in [6.45, 7) is 3.31. The summed E-state index contributed by atoms with van der Waals surface area (Å²) in [6, 6.07) is 11.6. The maximum atomic E-state index is 13.7. The summed E-state index contributed by atoms with van der Waals surface area (Å²) < 4.78 is 0. The first-order chi connectivity index (χ1) is 14.7. The van der Waals surface area contributed by atoms with Crippen LogP contribution in [0.3, 0.4) is 0 Å². The molecular weight excluding hydrogens is 374 g/mol. The number of nitrogens with zero attached hydrogens (tertiary/aromatic N) is 2. The van der Waals surface area contributed by atoms with E-state index in [0.29, 0.717) is 12.1 Å². The second kappa shape index (κ2) is 8.99. The Morgan fingerprint density at radius 1 is 1.17 bits per heavy atom. The number of aromatic nitrogens is 1. The number of carbonyl (C=O) groups is 2. The van der Waals surface area contributed by atoms with Crippen LogP contribution < -0.4 is 5.32 Å². The molecule has 1 N–H and O–H groups in total. The lowest BCUT2D eigenvalue weighted by atomic mass is 9.65. The molecule has 1 aromatic carbocycles. The molecule has 30 heavy (non-hydrogen) atoms. The molecule has 5 nitrogen and oxygen atoms in total. The van der Waals surface area contributed by atoms with Crippen molar-refractivity contribution in [1.82, 2.24) is 15.2 Å². The Labute approximate surface area is 178 Å². The standard InChI is InChI=1S/C25H31N3O2/c1-2-3-16-28-24(30)21-12-6-5-11-20(21)22(25(28)13-7-4-8-14-25)23(29)27-18-19-10-9-15-26-17-19/h5-6,9-12,15,17,22H,2-4,7-8,13-14,16,18H2,1H3,(H,27,29)/t22-/m0/s1. The molecule has 0 radical (unpaired) electrons. The maximum absolute atomic E-state index is 13.7. The van der Waals surface area contributed by atoms with Gasteiger partial charge in [0.25, 0.3) is 5.91 Å². The summed E-state index contributed by atoms with van der Waals surface area (Å²) in [5, 5.41) is 3.16. The molecular formula is C25H31N3O2. The predicted octanol–water partition coefficient (Wildman–Crippen LogP) is 4.44. The Balaban J connectivity index is 1.72. The summed E-state index contributed by atoms with van der Waals surface area (Å²) in [6.07, 6.45) is 10.6. The number of unbranched alkanes of at least 4 members (excludes halogenated alkanes) is 1. The molecule has 2 amide bonds. The van der Waals surface area contributed by atoms with Crippen molar-refractivity contribution < 1.29 is 9.59 Å². The molecule has 0 bridgehead atoms. The Bertz CT molecular complexity index is 890. The zero-order valence-corrected chi connectivity index (χ0v) is 17.8. The highest BCUT2D eigenvalue weighted by Crippen LogP contribution is 2.49. The molecule has 1 fully saturated rings. The Morgan fingerprint density at radius 3 is 2.70 bits per heavy atom. The van der Waals surface area contributed by atoms with Gasteiger partial charge in [0.15, 0.2) is 0 Å². The van der Waals surface area contributed by atoms with E-state index in [2.05, 4.69) is 22.1 Å². The van der Waals surface area contributed by atoms with Crippen molar-refractivity contribution >= 4 is 11.8 Å². The van der Waals surface area contributed by atoms with Crippen LogP contribution in [0.5, 0.6) is 0 Å². The topological polar surface area (TPSA) is 62.3 Å². The number of rotatable bonds is 6.